The van der Waals surface area contributed by atoms with Crippen LogP contribution >= 0.6 is 11.6 Å². The molecule has 0 aliphatic carbocycles. The largest absolute Gasteiger partial charge is 0.478 e. The number of hydrogen-bond donors (Lipinski definition) is 2. The first-order valence-electron chi connectivity index (χ1n) is 5.61. The highest BCUT2D eigenvalue weighted by molar-refractivity contribution is 7.89. The maximum Gasteiger partial charge on any atom is 0.339 e. The van der Waals surface area contributed by atoms with Crippen LogP contribution in [0, 0.1) is 0 Å². The third kappa shape index (κ3) is 3.52. The number of nitrogens with two attached hydrogens (primary N) is 1. The first-order valence-corrected chi connectivity index (χ1v) is 7.54. The molecule has 0 aliphatic heterocycles. The Morgan fingerprint density at radius 3 is 2.43 bits per heavy atom. The van der Waals surface area contributed by atoms with Gasteiger partial charge < -0.3 is 9.84 Å². The lowest BCUT2D eigenvalue weighted by atomic mass is 10.2. The summed E-state index contributed by atoms with van der Waals surface area (Å²) in [4.78, 5) is 10.9. The van der Waals surface area contributed by atoms with Gasteiger partial charge in [0.25, 0.3) is 0 Å². The second-order valence-corrected chi connectivity index (χ2v) is 6.01. The zero-order chi connectivity index (χ0) is 15.6. The molecular weight excluding hydrogens is 318 g/mol. The minimum absolute atomic E-state index is 0.0389. The third-order valence-electron chi connectivity index (χ3n) is 2.55. The van der Waals surface area contributed by atoms with Gasteiger partial charge in [-0.1, -0.05) is 23.7 Å². The fourth-order valence-corrected chi connectivity index (χ4v) is 2.48. The summed E-state index contributed by atoms with van der Waals surface area (Å²) in [5.41, 5.74) is -0.188. The van der Waals surface area contributed by atoms with Crippen LogP contribution in [0.5, 0.6) is 11.5 Å². The van der Waals surface area contributed by atoms with Gasteiger partial charge in [-0.25, -0.2) is 18.4 Å². The number of carboxylic acid groups (broad SMARTS) is 1. The average molecular weight is 328 g/mol. The first-order chi connectivity index (χ1) is 9.79. The minimum Gasteiger partial charge on any atom is -0.478 e. The third-order valence-corrected chi connectivity index (χ3v) is 3.73. The number of carbonyl (C=O) groups is 1. The number of ether oxygens (including phenoxy) is 1. The summed E-state index contributed by atoms with van der Waals surface area (Å²) in [6.07, 6.45) is 0. The Labute approximate surface area is 125 Å². The number of sulfonamides is 1. The normalized spacial score (nSPS) is 11.1. The number of hydrogen-bond acceptors (Lipinski definition) is 4. The van der Waals surface area contributed by atoms with Gasteiger partial charge in [-0.3, -0.25) is 0 Å². The molecule has 0 saturated carbocycles. The van der Waals surface area contributed by atoms with Gasteiger partial charge in [-0.15, -0.1) is 0 Å². The van der Waals surface area contributed by atoms with Crippen LogP contribution in [0.15, 0.2) is 47.4 Å². The number of para-hydroxylation sites is 1. The summed E-state index contributed by atoms with van der Waals surface area (Å²) in [5, 5.41) is 14.4. The topological polar surface area (TPSA) is 107 Å². The number of rotatable bonds is 4. The van der Waals surface area contributed by atoms with E-state index >= 15 is 0 Å². The Morgan fingerprint density at radius 2 is 1.81 bits per heavy atom. The molecule has 0 aromatic heterocycles. The molecule has 0 atom stereocenters. The molecule has 0 unspecified atom stereocenters. The van der Waals surface area contributed by atoms with E-state index in [1.165, 1.54) is 36.4 Å². The van der Waals surface area contributed by atoms with Crippen molar-refractivity contribution < 1.29 is 23.1 Å². The maximum absolute atomic E-state index is 11.5. The van der Waals surface area contributed by atoms with Crippen molar-refractivity contribution >= 4 is 27.6 Å². The van der Waals surface area contributed by atoms with Gasteiger partial charge in [0.1, 0.15) is 22.0 Å². The Balaban J connectivity index is 2.52. The van der Waals surface area contributed by atoms with Crippen molar-refractivity contribution in [2.75, 3.05) is 0 Å². The zero-order valence-corrected chi connectivity index (χ0v) is 12.1. The van der Waals surface area contributed by atoms with E-state index in [0.29, 0.717) is 0 Å². The summed E-state index contributed by atoms with van der Waals surface area (Å²) in [7, 11) is -3.99. The van der Waals surface area contributed by atoms with E-state index < -0.39 is 16.0 Å². The maximum atomic E-state index is 11.5. The molecule has 0 amide bonds. The molecule has 6 nitrogen and oxygen atoms in total. The highest BCUT2D eigenvalue weighted by atomic mass is 35.5. The van der Waals surface area contributed by atoms with Gasteiger partial charge in [-0.2, -0.15) is 0 Å². The van der Waals surface area contributed by atoms with Crippen molar-refractivity contribution in [2.45, 2.75) is 4.90 Å². The Hall–Kier alpha value is -2.09. The molecule has 0 radical (unpaired) electrons. The summed E-state index contributed by atoms with van der Waals surface area (Å²) in [5.74, 6) is -1.35. The van der Waals surface area contributed by atoms with E-state index in [-0.39, 0.29) is 27.0 Å². The van der Waals surface area contributed by atoms with Gasteiger partial charge in [0.2, 0.25) is 10.0 Å². The van der Waals surface area contributed by atoms with Crippen molar-refractivity contribution in [3.8, 4) is 11.5 Å². The number of carboxylic acids is 1. The average Bonchev–Trinajstić information content (AvgIpc) is 2.40. The van der Waals surface area contributed by atoms with Crippen LogP contribution in [0.25, 0.3) is 0 Å². The molecule has 0 spiro atoms. The summed E-state index contributed by atoms with van der Waals surface area (Å²) in [6.45, 7) is 0. The molecular formula is C13H10ClNO5S. The van der Waals surface area contributed by atoms with Gasteiger partial charge >= 0.3 is 5.97 Å². The lowest BCUT2D eigenvalue weighted by Gasteiger charge is -2.11. The van der Waals surface area contributed by atoms with E-state index in [0.717, 1.165) is 0 Å². The lowest BCUT2D eigenvalue weighted by Crippen LogP contribution is -2.13. The molecule has 2 aromatic rings. The Bertz CT molecular complexity index is 804. The molecule has 8 heteroatoms. The van der Waals surface area contributed by atoms with E-state index in [2.05, 4.69) is 0 Å². The van der Waals surface area contributed by atoms with Gasteiger partial charge in [0.05, 0.1) is 0 Å². The molecule has 0 aliphatic rings. The van der Waals surface area contributed by atoms with Crippen LogP contribution in [0.4, 0.5) is 0 Å². The molecule has 2 rings (SSSR count). The molecule has 21 heavy (non-hydrogen) atoms. The molecule has 110 valence electrons. The van der Waals surface area contributed by atoms with Crippen molar-refractivity contribution in [1.82, 2.24) is 0 Å². The number of aromatic carboxylic acids is 1. The summed E-state index contributed by atoms with van der Waals surface area (Å²) >= 11 is 5.73. The highest BCUT2D eigenvalue weighted by Crippen LogP contribution is 2.31. The second-order valence-electron chi connectivity index (χ2n) is 4.04. The van der Waals surface area contributed by atoms with E-state index in [9.17, 15) is 13.2 Å². The van der Waals surface area contributed by atoms with E-state index in [1.807, 2.05) is 0 Å². The second kappa shape index (κ2) is 5.72. The number of benzene rings is 2. The quantitative estimate of drug-likeness (QED) is 0.897. The van der Waals surface area contributed by atoms with Crippen LogP contribution < -0.4 is 9.88 Å². The van der Waals surface area contributed by atoms with Crippen molar-refractivity contribution in [3.05, 3.63) is 53.1 Å². The van der Waals surface area contributed by atoms with Crippen molar-refractivity contribution in [3.63, 3.8) is 0 Å². The summed E-state index contributed by atoms with van der Waals surface area (Å²) < 4.78 is 28.3. The van der Waals surface area contributed by atoms with Crippen LogP contribution in [0.2, 0.25) is 5.02 Å². The summed E-state index contributed by atoms with van der Waals surface area (Å²) in [6, 6.07) is 9.64. The van der Waals surface area contributed by atoms with Crippen LogP contribution in [0.1, 0.15) is 10.4 Å². The molecule has 0 heterocycles. The van der Waals surface area contributed by atoms with Gasteiger partial charge in [0, 0.05) is 5.02 Å². The first kappa shape index (κ1) is 15.3. The molecule has 2 aromatic carbocycles. The lowest BCUT2D eigenvalue weighted by molar-refractivity contribution is 0.0694. The minimum atomic E-state index is -3.99. The van der Waals surface area contributed by atoms with Crippen molar-refractivity contribution in [1.29, 1.82) is 0 Å². The smallest absolute Gasteiger partial charge is 0.339 e. The van der Waals surface area contributed by atoms with Crippen LogP contribution in [0.3, 0.4) is 0 Å². The molecule has 0 bridgehead atoms. The number of primary sulfonamides is 1. The number of halogens is 1. The molecule has 3 N–H and O–H groups in total. The molecule has 0 fully saturated rings. The zero-order valence-electron chi connectivity index (χ0n) is 10.5. The SMILES string of the molecule is NS(=O)(=O)c1ccccc1Oc1ccc(Cl)cc1C(=O)O. The van der Waals surface area contributed by atoms with Crippen LogP contribution in [-0.4, -0.2) is 19.5 Å². The van der Waals surface area contributed by atoms with E-state index in [4.69, 9.17) is 26.6 Å². The standard InChI is InChI=1S/C13H10ClNO5S/c14-8-5-6-10(9(7-8)13(16)17)20-11-3-1-2-4-12(11)21(15,18)19/h1-7H,(H,16,17)(H2,15,18,19). The monoisotopic (exact) mass is 327 g/mol. The Morgan fingerprint density at radius 1 is 1.14 bits per heavy atom. The predicted molar refractivity (Wildman–Crippen MR) is 76.3 cm³/mol. The van der Waals surface area contributed by atoms with Gasteiger partial charge in [0.15, 0.2) is 0 Å². The Kier molecular flexibility index (Phi) is 4.17. The van der Waals surface area contributed by atoms with Gasteiger partial charge in [-0.05, 0) is 30.3 Å². The highest BCUT2D eigenvalue weighted by Gasteiger charge is 2.18. The molecule has 0 saturated heterocycles. The van der Waals surface area contributed by atoms with Crippen molar-refractivity contribution in [2.24, 2.45) is 5.14 Å². The predicted octanol–water partition coefficient (Wildman–Crippen LogP) is 2.48. The fraction of sp³-hybridized carbons (Fsp3) is 0. The van der Waals surface area contributed by atoms with Crippen LogP contribution in [-0.2, 0) is 10.0 Å². The van der Waals surface area contributed by atoms with E-state index in [1.54, 1.807) is 6.07 Å². The fourth-order valence-electron chi connectivity index (χ4n) is 1.65.